The van der Waals surface area contributed by atoms with Crippen LogP contribution < -0.4 is 5.73 Å². The van der Waals surface area contributed by atoms with Gasteiger partial charge in [0.25, 0.3) is 5.91 Å². The van der Waals surface area contributed by atoms with Crippen LogP contribution in [-0.4, -0.2) is 79.9 Å². The molecule has 21 heavy (non-hydrogen) atoms. The molecule has 0 aromatic heterocycles. The fraction of sp³-hybridized carbons (Fsp3) is 0.600. The molecule has 5 atom stereocenters. The molecule has 0 spiro atoms. The van der Waals surface area contributed by atoms with E-state index in [1.807, 2.05) is 0 Å². The number of hydrogen-bond donors (Lipinski definition) is 4. The summed E-state index contributed by atoms with van der Waals surface area (Å²) in [5.74, 6) is -0.654. The molecule has 0 aromatic carbocycles. The van der Waals surface area contributed by atoms with Crippen LogP contribution in [0, 0.1) is 0 Å². The van der Waals surface area contributed by atoms with Crippen molar-refractivity contribution in [2.45, 2.75) is 30.6 Å². The lowest BCUT2D eigenvalue weighted by atomic mass is 10.1. The number of amidine groups is 2. The van der Waals surface area contributed by atoms with Gasteiger partial charge in [0.05, 0.1) is 6.61 Å². The van der Waals surface area contributed by atoms with Crippen LogP contribution in [0.2, 0.25) is 0 Å². The maximum atomic E-state index is 11.8. The Hall–Kier alpha value is -1.40. The summed E-state index contributed by atoms with van der Waals surface area (Å²) in [6, 6.07) is -0.965. The predicted molar refractivity (Wildman–Crippen MR) is 73.8 cm³/mol. The molecule has 114 valence electrons. The van der Waals surface area contributed by atoms with Crippen molar-refractivity contribution in [2.24, 2.45) is 20.7 Å². The second kappa shape index (κ2) is 5.10. The lowest BCUT2D eigenvalue weighted by Gasteiger charge is -2.28. The number of aliphatic imine (C=N–C) groups is 3. The summed E-state index contributed by atoms with van der Waals surface area (Å²) >= 11 is 3.16. The highest BCUT2D eigenvalue weighted by Gasteiger charge is 2.51. The Bertz CT molecular complexity index is 578. The lowest BCUT2D eigenvalue weighted by Crippen LogP contribution is -2.50. The molecule has 1 amide bonds. The molecule has 0 saturated carbocycles. The van der Waals surface area contributed by atoms with Gasteiger partial charge in [-0.25, -0.2) is 4.99 Å². The summed E-state index contributed by atoms with van der Waals surface area (Å²) in [6.45, 7) is -0.463. The second-order valence-electron chi connectivity index (χ2n) is 4.68. The number of fused-ring (bicyclic) bond motifs is 1. The van der Waals surface area contributed by atoms with Gasteiger partial charge in [-0.1, -0.05) is 0 Å². The summed E-state index contributed by atoms with van der Waals surface area (Å²) in [7, 11) is 0. The molecule has 3 heterocycles. The molecule has 0 aromatic rings. The first-order chi connectivity index (χ1) is 9.93. The van der Waals surface area contributed by atoms with Crippen LogP contribution in [-0.2, 0) is 9.53 Å². The molecule has 0 bridgehead atoms. The molecule has 1 saturated heterocycles. The standard InChI is InChI=1S/C10H12BrN5O5/c11-9-13-3-6(14-10(12)15-7(3)20)16(9)8-5(19)4(18)2(1-17)21-8/h2-5,8,17-19H,1H2,(H2,12,15,20)/t2-,3-,4-,5+,8-/m1/s1. The minimum Gasteiger partial charge on any atom is -0.394 e. The van der Waals surface area contributed by atoms with Gasteiger partial charge in [0, 0.05) is 0 Å². The van der Waals surface area contributed by atoms with Crippen molar-refractivity contribution in [2.75, 3.05) is 6.61 Å². The van der Waals surface area contributed by atoms with Crippen LogP contribution in [0.15, 0.2) is 15.0 Å². The van der Waals surface area contributed by atoms with Crippen molar-refractivity contribution >= 4 is 38.4 Å². The van der Waals surface area contributed by atoms with Gasteiger partial charge in [0.15, 0.2) is 22.9 Å². The molecule has 0 aliphatic carbocycles. The van der Waals surface area contributed by atoms with Crippen molar-refractivity contribution in [1.29, 1.82) is 0 Å². The summed E-state index contributed by atoms with van der Waals surface area (Å²) in [5.41, 5.74) is 5.46. The average Bonchev–Trinajstić information content (AvgIpc) is 2.89. The van der Waals surface area contributed by atoms with Gasteiger partial charge in [-0.3, -0.25) is 9.69 Å². The number of nitrogens with zero attached hydrogens (tertiary/aromatic N) is 4. The zero-order valence-electron chi connectivity index (χ0n) is 10.5. The Morgan fingerprint density at radius 3 is 2.67 bits per heavy atom. The van der Waals surface area contributed by atoms with Crippen LogP contribution >= 0.6 is 15.9 Å². The highest BCUT2D eigenvalue weighted by atomic mass is 79.9. The number of amides is 1. The van der Waals surface area contributed by atoms with E-state index in [9.17, 15) is 15.0 Å². The number of carbonyl (C=O) groups is 1. The smallest absolute Gasteiger partial charge is 0.281 e. The number of halogens is 1. The van der Waals surface area contributed by atoms with Gasteiger partial charge in [-0.2, -0.15) is 9.98 Å². The Balaban J connectivity index is 1.94. The van der Waals surface area contributed by atoms with Crippen LogP contribution in [0.5, 0.6) is 0 Å². The van der Waals surface area contributed by atoms with Crippen LogP contribution in [0.4, 0.5) is 0 Å². The van der Waals surface area contributed by atoms with Crippen LogP contribution in [0.1, 0.15) is 0 Å². The fourth-order valence-electron chi connectivity index (χ4n) is 2.38. The van der Waals surface area contributed by atoms with E-state index in [1.54, 1.807) is 0 Å². The highest BCUT2D eigenvalue weighted by Crippen LogP contribution is 2.30. The molecule has 1 fully saturated rings. The number of rotatable bonds is 2. The molecule has 3 rings (SSSR count). The third-order valence-electron chi connectivity index (χ3n) is 3.39. The molecule has 5 N–H and O–H groups in total. The topological polar surface area (TPSA) is 153 Å². The molecule has 0 unspecified atom stereocenters. The van der Waals surface area contributed by atoms with E-state index >= 15 is 0 Å². The highest BCUT2D eigenvalue weighted by molar-refractivity contribution is 9.18. The number of aliphatic hydroxyl groups excluding tert-OH is 3. The van der Waals surface area contributed by atoms with Crippen molar-refractivity contribution in [3.8, 4) is 0 Å². The van der Waals surface area contributed by atoms with Crippen molar-refractivity contribution in [3.05, 3.63) is 0 Å². The Kier molecular flexibility index (Phi) is 3.53. The normalized spacial score (nSPS) is 39.0. The number of hydrogen-bond acceptors (Lipinski definition) is 9. The van der Waals surface area contributed by atoms with Crippen molar-refractivity contribution in [3.63, 3.8) is 0 Å². The molecule has 0 radical (unpaired) electrons. The molecule has 3 aliphatic heterocycles. The maximum absolute atomic E-state index is 11.8. The van der Waals surface area contributed by atoms with E-state index in [0.717, 1.165) is 0 Å². The third-order valence-corrected chi connectivity index (χ3v) is 3.97. The first-order valence-corrected chi connectivity index (χ1v) is 6.85. The maximum Gasteiger partial charge on any atom is 0.281 e. The van der Waals surface area contributed by atoms with E-state index in [4.69, 9.17) is 15.6 Å². The first kappa shape index (κ1) is 14.5. The molecular formula is C10H12BrN5O5. The van der Waals surface area contributed by atoms with Gasteiger partial charge in [-0.15, -0.1) is 0 Å². The molecule has 3 aliphatic rings. The molecule has 11 heteroatoms. The summed E-state index contributed by atoms with van der Waals surface area (Å²) in [5, 5.41) is 29.0. The van der Waals surface area contributed by atoms with Gasteiger partial charge < -0.3 is 25.8 Å². The SMILES string of the molecule is NC1=NC(=O)[C@@H]2N=C(Br)N([C@@H]3O[C@H](CO)[C@@H](O)[C@@H]3O)C2=N1. The fourth-order valence-corrected chi connectivity index (χ4v) is 2.97. The predicted octanol–water partition coefficient (Wildman–Crippen LogP) is -2.89. The van der Waals surface area contributed by atoms with E-state index in [-0.39, 0.29) is 16.5 Å². The molecular weight excluding hydrogens is 350 g/mol. The van der Waals surface area contributed by atoms with E-state index in [2.05, 4.69) is 30.9 Å². The average molecular weight is 362 g/mol. The van der Waals surface area contributed by atoms with Gasteiger partial charge >= 0.3 is 0 Å². The number of carbonyl (C=O) groups excluding carboxylic acids is 1. The summed E-state index contributed by atoms with van der Waals surface area (Å²) in [4.78, 5) is 24.6. The third kappa shape index (κ3) is 2.17. The quantitative estimate of drug-likeness (QED) is 0.385. The van der Waals surface area contributed by atoms with E-state index < -0.39 is 43.1 Å². The second-order valence-corrected chi connectivity index (χ2v) is 5.39. The van der Waals surface area contributed by atoms with Crippen molar-refractivity contribution in [1.82, 2.24) is 4.90 Å². The van der Waals surface area contributed by atoms with Gasteiger partial charge in [0.2, 0.25) is 5.96 Å². The number of nitrogens with two attached hydrogens (primary N) is 1. The minimum absolute atomic E-state index is 0.147. The molecule has 10 nitrogen and oxygen atoms in total. The first-order valence-electron chi connectivity index (χ1n) is 6.05. The number of ether oxygens (including phenoxy) is 1. The number of guanidine groups is 1. The van der Waals surface area contributed by atoms with E-state index in [1.165, 1.54) is 4.90 Å². The Morgan fingerprint density at radius 1 is 1.33 bits per heavy atom. The Morgan fingerprint density at radius 2 is 2.05 bits per heavy atom. The largest absolute Gasteiger partial charge is 0.394 e. The van der Waals surface area contributed by atoms with Gasteiger partial charge in [-0.05, 0) is 15.9 Å². The summed E-state index contributed by atoms with van der Waals surface area (Å²) < 4.78 is 5.60. The van der Waals surface area contributed by atoms with Gasteiger partial charge in [0.1, 0.15) is 18.3 Å². The monoisotopic (exact) mass is 361 g/mol. The van der Waals surface area contributed by atoms with Crippen LogP contribution in [0.25, 0.3) is 0 Å². The zero-order chi connectivity index (χ0) is 15.3. The minimum atomic E-state index is -1.32. The summed E-state index contributed by atoms with van der Waals surface area (Å²) in [6.07, 6.45) is -4.60. The number of aliphatic hydroxyl groups is 3. The Labute approximate surface area is 126 Å². The van der Waals surface area contributed by atoms with Crippen molar-refractivity contribution < 1.29 is 24.9 Å². The van der Waals surface area contributed by atoms with E-state index in [0.29, 0.717) is 0 Å². The zero-order valence-corrected chi connectivity index (χ0v) is 12.1. The van der Waals surface area contributed by atoms with Crippen LogP contribution in [0.3, 0.4) is 0 Å². The lowest BCUT2D eigenvalue weighted by molar-refractivity contribution is -0.117.